The standard InChI is InChI=1S/C19H16.C19H24.2C17H14N2.C15H12N4.C13H12/c1-15-12-13-18(16-8-4-2-5-9-16)14-19(15)17-10-6-3-7-11-17;1-13(2)18-11-17(16-9-7-6-8-10-16)12-19(14(3)4)15(18)5;1-13-10-16(14-2-6-18-7-3-14)12-17(11-13)15-4-8-19-9-5-15;1-13-8-16(14-4-2-6-18-11-14)10-17(9-13)15-5-3-7-19-12-15;1-11-2-12(14-5-16-9-17-6-14)4-13(3-11)15-7-18-10-19-8-15;1-11-7-9-13(10-8-11)12-5-3-2-4-6-12/h2-14H,1H3;6-14H,1-5H3;2*2-12H,1H3;2-10H,1H3;2-10H,1H3/i12D;;;;;7D,8D. The molecule has 0 fully saturated rings. The number of nitrogens with zero attached hydrogens (tertiary/aromatic N) is 8. The molecule has 108 heavy (non-hydrogen) atoms. The molecule has 0 radical (unpaired) electrons. The van der Waals surface area contributed by atoms with Crippen molar-refractivity contribution >= 4 is 0 Å². The Morgan fingerprint density at radius 2 is 0.519 bits per heavy atom. The van der Waals surface area contributed by atoms with Crippen molar-refractivity contribution < 1.29 is 4.11 Å². The molecule has 0 bridgehead atoms. The van der Waals surface area contributed by atoms with E-state index in [9.17, 15) is 0 Å². The zero-order valence-electron chi connectivity index (χ0n) is 66.1. The monoisotopic (exact) mass is 1410 g/mol. The van der Waals surface area contributed by atoms with Gasteiger partial charge in [0.25, 0.3) is 0 Å². The Kier molecular flexibility index (Phi) is 25.7. The first-order valence-corrected chi connectivity index (χ1v) is 36.5. The molecule has 0 saturated carbocycles. The van der Waals surface area contributed by atoms with Crippen LogP contribution < -0.4 is 0 Å². The Balaban J connectivity index is 0.000000132. The van der Waals surface area contributed by atoms with Crippen molar-refractivity contribution in [1.82, 2.24) is 39.9 Å². The average Bonchev–Trinajstić information content (AvgIpc) is 0.814. The molecular weight excluding hydrogens is 1310 g/mol. The quantitative estimate of drug-likeness (QED) is 0.119. The maximum Gasteiger partial charge on any atom is 0.115 e. The summed E-state index contributed by atoms with van der Waals surface area (Å²) < 4.78 is 23.7. The summed E-state index contributed by atoms with van der Waals surface area (Å²) in [5.74, 6) is 1.14. The van der Waals surface area contributed by atoms with E-state index >= 15 is 0 Å². The number of pyridine rings is 4. The van der Waals surface area contributed by atoms with E-state index in [0.29, 0.717) is 30.0 Å². The van der Waals surface area contributed by atoms with Crippen molar-refractivity contribution in [2.45, 2.75) is 81.1 Å². The molecule has 16 rings (SSSR count). The topological polar surface area (TPSA) is 103 Å². The van der Waals surface area contributed by atoms with Crippen LogP contribution in [0.1, 0.15) is 88.2 Å². The van der Waals surface area contributed by atoms with Crippen LogP contribution in [-0.4, -0.2) is 39.9 Å². The van der Waals surface area contributed by atoms with E-state index in [1.807, 2.05) is 190 Å². The van der Waals surface area contributed by atoms with Gasteiger partial charge in [-0.2, -0.15) is 0 Å². The molecule has 0 saturated heterocycles. The average molecular weight is 1410 g/mol. The van der Waals surface area contributed by atoms with Gasteiger partial charge in [-0.05, 0) is 242 Å². The van der Waals surface area contributed by atoms with E-state index < -0.39 is 0 Å². The van der Waals surface area contributed by atoms with E-state index in [-0.39, 0.29) is 0 Å². The van der Waals surface area contributed by atoms with E-state index in [4.69, 9.17) is 4.11 Å². The van der Waals surface area contributed by atoms with Crippen LogP contribution in [0.15, 0.2) is 366 Å². The number of hydrogen-bond acceptors (Lipinski definition) is 8. The van der Waals surface area contributed by atoms with E-state index in [0.717, 1.165) is 77.9 Å². The Bertz CT molecular complexity index is 5070. The number of hydrogen-bond donors (Lipinski definition) is 0. The van der Waals surface area contributed by atoms with Crippen LogP contribution in [0, 0.1) is 41.5 Å². The third kappa shape index (κ3) is 21.8. The largest absolute Gasteiger partial charge is 0.265 e. The summed E-state index contributed by atoms with van der Waals surface area (Å²) in [6.07, 6.45) is 25.0. The predicted octanol–water partition coefficient (Wildman–Crippen LogP) is 26.0. The van der Waals surface area contributed by atoms with Gasteiger partial charge in [-0.25, -0.2) is 19.9 Å². The molecule has 6 heterocycles. The number of aromatic nitrogens is 8. The lowest BCUT2D eigenvalue weighted by Crippen LogP contribution is -2.00. The van der Waals surface area contributed by atoms with Gasteiger partial charge in [0.15, 0.2) is 0 Å². The van der Waals surface area contributed by atoms with Gasteiger partial charge >= 0.3 is 0 Å². The van der Waals surface area contributed by atoms with Gasteiger partial charge < -0.3 is 0 Å². The minimum Gasteiger partial charge on any atom is -0.265 e. The van der Waals surface area contributed by atoms with Gasteiger partial charge in [-0.15, -0.1) is 0 Å². The van der Waals surface area contributed by atoms with Crippen LogP contribution in [0.5, 0.6) is 0 Å². The Hall–Kier alpha value is -13.0. The molecule has 0 unspecified atom stereocenters. The molecule has 0 atom stereocenters. The van der Waals surface area contributed by atoms with Crippen LogP contribution in [0.4, 0.5) is 0 Å². The summed E-state index contributed by atoms with van der Waals surface area (Å²) >= 11 is 0. The molecule has 0 aliphatic heterocycles. The first kappa shape index (κ1) is 71.9. The molecule has 8 nitrogen and oxygen atoms in total. The molecule has 0 N–H and O–H groups in total. The van der Waals surface area contributed by atoms with Gasteiger partial charge in [0.2, 0.25) is 0 Å². The minimum atomic E-state index is 0.432. The molecule has 532 valence electrons. The maximum atomic E-state index is 8.20. The highest BCUT2D eigenvalue weighted by molar-refractivity contribution is 5.78. The second-order valence-electron chi connectivity index (χ2n) is 27.1. The molecule has 0 aliphatic carbocycles. The fraction of sp³-hybridized carbons (Fsp3) is 0.120. The molecule has 0 amide bonds. The molecule has 0 aliphatic rings. The van der Waals surface area contributed by atoms with Gasteiger partial charge in [0.1, 0.15) is 12.7 Å². The molecular formula is C100H92N8. The first-order valence-electron chi connectivity index (χ1n) is 38.0. The molecule has 8 heteroatoms. The maximum absolute atomic E-state index is 8.20. The summed E-state index contributed by atoms with van der Waals surface area (Å²) in [5.41, 5.74) is 32.7. The van der Waals surface area contributed by atoms with Crippen molar-refractivity contribution in [2.24, 2.45) is 0 Å². The van der Waals surface area contributed by atoms with Gasteiger partial charge in [0, 0.05) is 96.6 Å². The van der Waals surface area contributed by atoms with E-state index in [1.165, 1.54) is 90.5 Å². The van der Waals surface area contributed by atoms with Crippen LogP contribution in [0.3, 0.4) is 0 Å². The second kappa shape index (κ2) is 38.6. The van der Waals surface area contributed by atoms with Crippen LogP contribution in [0.2, 0.25) is 0 Å². The zero-order chi connectivity index (χ0) is 78.0. The Morgan fingerprint density at radius 3 is 0.889 bits per heavy atom. The summed E-state index contributed by atoms with van der Waals surface area (Å²) in [7, 11) is 0. The number of rotatable bonds is 12. The number of benzene rings is 10. The highest BCUT2D eigenvalue weighted by atomic mass is 14.8. The normalized spacial score (nSPS) is 10.9. The van der Waals surface area contributed by atoms with Crippen LogP contribution in [0.25, 0.3) is 111 Å². The Labute approximate surface area is 643 Å². The molecule has 6 aromatic heterocycles. The Morgan fingerprint density at radius 1 is 0.222 bits per heavy atom. The third-order valence-corrected chi connectivity index (χ3v) is 18.2. The van der Waals surface area contributed by atoms with Crippen molar-refractivity contribution in [1.29, 1.82) is 0 Å². The highest BCUT2D eigenvalue weighted by Crippen LogP contribution is 2.35. The van der Waals surface area contributed by atoms with Crippen molar-refractivity contribution in [2.75, 3.05) is 0 Å². The van der Waals surface area contributed by atoms with Gasteiger partial charge in [-0.3, -0.25) is 19.9 Å². The lowest BCUT2D eigenvalue weighted by atomic mass is 9.86. The van der Waals surface area contributed by atoms with Crippen molar-refractivity contribution in [3.05, 3.63) is 411 Å². The number of aryl methyl sites for hydroxylation is 3. The lowest BCUT2D eigenvalue weighted by Gasteiger charge is -2.19. The van der Waals surface area contributed by atoms with Gasteiger partial charge in [-0.1, -0.05) is 252 Å². The SMILES string of the molecule is Cc1c(C(C)C)cc(-c2ccccc2)cc1C(C)C.Cc1cc(-c2cccnc2)cc(-c2cccnc2)c1.Cc1cc(-c2ccncc2)cc(-c2ccncc2)c1.Cc1cc(-c2cncnc2)cc(-c2cncnc2)c1.[2H]c1cc(-c2ccccc2)cc(-c2ccccc2)c1C.[2H]c1cc(-c2ccccc2)cc([2H])c1C. The smallest absolute Gasteiger partial charge is 0.115 e. The fourth-order valence-electron chi connectivity index (χ4n) is 12.7. The zero-order valence-corrected chi connectivity index (χ0v) is 63.1. The predicted molar refractivity (Wildman–Crippen MR) is 452 cm³/mol. The van der Waals surface area contributed by atoms with Crippen molar-refractivity contribution in [3.63, 3.8) is 0 Å². The third-order valence-electron chi connectivity index (χ3n) is 18.2. The molecule has 0 spiro atoms. The van der Waals surface area contributed by atoms with Crippen LogP contribution in [-0.2, 0) is 0 Å². The lowest BCUT2D eigenvalue weighted by molar-refractivity contribution is 0.818. The molecule has 16 aromatic rings. The van der Waals surface area contributed by atoms with E-state index in [2.05, 4.69) is 235 Å². The summed E-state index contributed by atoms with van der Waals surface area (Å²) in [4.78, 5) is 32.7. The van der Waals surface area contributed by atoms with Crippen molar-refractivity contribution in [3.8, 4) is 111 Å². The minimum absolute atomic E-state index is 0.432. The highest BCUT2D eigenvalue weighted by Gasteiger charge is 2.14. The van der Waals surface area contributed by atoms with Crippen LogP contribution >= 0.6 is 0 Å². The molecule has 10 aromatic carbocycles. The second-order valence-corrected chi connectivity index (χ2v) is 27.1. The first-order chi connectivity index (χ1) is 53.9. The fourth-order valence-corrected chi connectivity index (χ4v) is 12.7. The van der Waals surface area contributed by atoms with Gasteiger partial charge in [0.05, 0.1) is 4.11 Å². The summed E-state index contributed by atoms with van der Waals surface area (Å²) in [6.45, 7) is 21.5. The summed E-state index contributed by atoms with van der Waals surface area (Å²) in [5, 5.41) is 0. The summed E-state index contributed by atoms with van der Waals surface area (Å²) in [6, 6.07) is 90.6. The van der Waals surface area contributed by atoms with E-state index in [1.54, 1.807) is 19.3 Å².